The summed E-state index contributed by atoms with van der Waals surface area (Å²) < 4.78 is 1.10. The fourth-order valence-electron chi connectivity index (χ4n) is 1.72. The highest BCUT2D eigenvalue weighted by Crippen LogP contribution is 2.30. The zero-order chi connectivity index (χ0) is 10.7. The van der Waals surface area contributed by atoms with Crippen molar-refractivity contribution in [2.24, 2.45) is 0 Å². The number of hydrogen-bond acceptors (Lipinski definition) is 3. The highest BCUT2D eigenvalue weighted by Gasteiger charge is 2.14. The summed E-state index contributed by atoms with van der Waals surface area (Å²) in [5.74, 6) is 1.14. The number of nitrogens with one attached hydrogen (secondary N) is 1. The van der Waals surface area contributed by atoms with Crippen molar-refractivity contribution >= 4 is 33.4 Å². The topological polar surface area (TPSA) is 38.0 Å². The van der Waals surface area contributed by atoms with Gasteiger partial charge < -0.3 is 11.1 Å². The molecule has 1 fully saturated rings. The number of hydrogen-bond donors (Lipinski definition) is 2. The van der Waals surface area contributed by atoms with Crippen LogP contribution in [0.4, 0.5) is 5.69 Å². The lowest BCUT2D eigenvalue weighted by molar-refractivity contribution is 0.674. The lowest BCUT2D eigenvalue weighted by Crippen LogP contribution is -2.23. The minimum absolute atomic E-state index is 0.680. The summed E-state index contributed by atoms with van der Waals surface area (Å²) in [5, 5.41) is 3.50. The molecule has 0 unspecified atom stereocenters. The van der Waals surface area contributed by atoms with Gasteiger partial charge in [-0.15, -0.1) is 11.8 Å². The van der Waals surface area contributed by atoms with Gasteiger partial charge in [0.2, 0.25) is 0 Å². The molecule has 1 aliphatic rings. The number of nitrogen functional groups attached to an aromatic ring is 1. The number of anilines is 1. The maximum absolute atomic E-state index is 5.69. The first kappa shape index (κ1) is 11.3. The normalized spacial score (nSPS) is 20.7. The Hall–Kier alpha value is -0.190. The number of nitrogens with two attached hydrogens (primary N) is 1. The van der Waals surface area contributed by atoms with Crippen molar-refractivity contribution in [2.45, 2.75) is 23.8 Å². The molecule has 0 aromatic heterocycles. The van der Waals surface area contributed by atoms with Crippen LogP contribution in [0.25, 0.3) is 0 Å². The van der Waals surface area contributed by atoms with E-state index in [1.807, 2.05) is 23.9 Å². The van der Waals surface area contributed by atoms with Crippen molar-refractivity contribution in [3.63, 3.8) is 0 Å². The van der Waals surface area contributed by atoms with Crippen LogP contribution in [-0.4, -0.2) is 18.3 Å². The molecule has 0 saturated carbocycles. The Morgan fingerprint density at radius 1 is 1.53 bits per heavy atom. The Morgan fingerprint density at radius 3 is 3.07 bits per heavy atom. The molecular weight excluding hydrogens is 272 g/mol. The maximum atomic E-state index is 5.69. The predicted octanol–water partition coefficient (Wildman–Crippen LogP) is 2.88. The fourth-order valence-corrected chi connectivity index (χ4v) is 3.49. The molecule has 2 rings (SSSR count). The zero-order valence-electron chi connectivity index (χ0n) is 8.50. The van der Waals surface area contributed by atoms with Crippen LogP contribution in [0.1, 0.15) is 12.8 Å². The third-order valence-electron chi connectivity index (χ3n) is 2.56. The van der Waals surface area contributed by atoms with Crippen LogP contribution in [0, 0.1) is 0 Å². The summed E-state index contributed by atoms with van der Waals surface area (Å²) in [7, 11) is 0. The smallest absolute Gasteiger partial charge is 0.0331 e. The van der Waals surface area contributed by atoms with E-state index in [9.17, 15) is 0 Å². The minimum Gasteiger partial charge on any atom is -0.399 e. The number of halogens is 1. The molecule has 1 heterocycles. The van der Waals surface area contributed by atoms with E-state index in [0.717, 1.165) is 15.9 Å². The van der Waals surface area contributed by atoms with E-state index < -0.39 is 0 Å². The SMILES string of the molecule is Nc1ccc(SC[C@H]2CCCN2)c(Br)c1. The first-order valence-electron chi connectivity index (χ1n) is 5.17. The van der Waals surface area contributed by atoms with E-state index in [2.05, 4.69) is 27.3 Å². The van der Waals surface area contributed by atoms with Gasteiger partial charge in [0.1, 0.15) is 0 Å². The lowest BCUT2D eigenvalue weighted by atomic mass is 10.3. The molecule has 0 amide bonds. The first-order valence-corrected chi connectivity index (χ1v) is 6.95. The quantitative estimate of drug-likeness (QED) is 0.663. The van der Waals surface area contributed by atoms with Gasteiger partial charge >= 0.3 is 0 Å². The summed E-state index contributed by atoms with van der Waals surface area (Å²) in [4.78, 5) is 1.28. The molecule has 0 aliphatic carbocycles. The number of thioether (sulfide) groups is 1. The van der Waals surface area contributed by atoms with Crippen molar-refractivity contribution in [2.75, 3.05) is 18.0 Å². The van der Waals surface area contributed by atoms with Gasteiger partial charge in [-0.3, -0.25) is 0 Å². The maximum Gasteiger partial charge on any atom is 0.0331 e. The van der Waals surface area contributed by atoms with E-state index in [0.29, 0.717) is 6.04 Å². The minimum atomic E-state index is 0.680. The molecular formula is C11H15BrN2S. The van der Waals surface area contributed by atoms with Crippen molar-refractivity contribution in [1.29, 1.82) is 0 Å². The third kappa shape index (κ3) is 3.13. The van der Waals surface area contributed by atoms with E-state index in [1.54, 1.807) is 0 Å². The lowest BCUT2D eigenvalue weighted by Gasteiger charge is -2.10. The van der Waals surface area contributed by atoms with Gasteiger partial charge in [-0.05, 0) is 53.5 Å². The number of benzene rings is 1. The molecule has 0 bridgehead atoms. The molecule has 1 aromatic carbocycles. The summed E-state index contributed by atoms with van der Waals surface area (Å²) in [5.41, 5.74) is 6.50. The molecule has 1 aliphatic heterocycles. The van der Waals surface area contributed by atoms with Gasteiger partial charge in [0.15, 0.2) is 0 Å². The molecule has 1 aromatic rings. The molecule has 1 saturated heterocycles. The first-order chi connectivity index (χ1) is 7.25. The second kappa shape index (κ2) is 5.23. The average Bonchev–Trinajstić information content (AvgIpc) is 2.69. The Bertz CT molecular complexity index is 337. The summed E-state index contributed by atoms with van der Waals surface area (Å²) >= 11 is 5.42. The van der Waals surface area contributed by atoms with Crippen molar-refractivity contribution < 1.29 is 0 Å². The standard InChI is InChI=1S/C11H15BrN2S/c12-10-6-8(13)3-4-11(10)15-7-9-2-1-5-14-9/h3-4,6,9,14H,1-2,5,7,13H2/t9-/m1/s1. The predicted molar refractivity (Wildman–Crippen MR) is 70.3 cm³/mol. The van der Waals surface area contributed by atoms with Crippen LogP contribution >= 0.6 is 27.7 Å². The molecule has 1 atom stereocenters. The zero-order valence-corrected chi connectivity index (χ0v) is 10.9. The van der Waals surface area contributed by atoms with Gasteiger partial charge in [-0.2, -0.15) is 0 Å². The van der Waals surface area contributed by atoms with E-state index in [1.165, 1.54) is 24.3 Å². The van der Waals surface area contributed by atoms with Crippen LogP contribution in [0.15, 0.2) is 27.6 Å². The Labute approximate surface area is 103 Å². The van der Waals surface area contributed by atoms with Crippen molar-refractivity contribution in [3.05, 3.63) is 22.7 Å². The average molecular weight is 287 g/mol. The summed E-state index contributed by atoms with van der Waals surface area (Å²) in [6.45, 7) is 1.17. The van der Waals surface area contributed by atoms with Crippen LogP contribution in [0.2, 0.25) is 0 Å². The van der Waals surface area contributed by atoms with Gasteiger partial charge in [0, 0.05) is 26.9 Å². The Balaban J connectivity index is 1.92. The largest absolute Gasteiger partial charge is 0.399 e. The van der Waals surface area contributed by atoms with Gasteiger partial charge in [-0.25, -0.2) is 0 Å². The number of rotatable bonds is 3. The van der Waals surface area contributed by atoms with Crippen LogP contribution in [-0.2, 0) is 0 Å². The molecule has 2 nitrogen and oxygen atoms in total. The Kier molecular flexibility index (Phi) is 3.94. The van der Waals surface area contributed by atoms with E-state index in [-0.39, 0.29) is 0 Å². The van der Waals surface area contributed by atoms with Crippen molar-refractivity contribution in [1.82, 2.24) is 5.32 Å². The summed E-state index contributed by atoms with van der Waals surface area (Å²) in [6.07, 6.45) is 2.62. The fraction of sp³-hybridized carbons (Fsp3) is 0.455. The second-order valence-corrected chi connectivity index (χ2v) is 5.71. The molecule has 3 N–H and O–H groups in total. The molecule has 15 heavy (non-hydrogen) atoms. The van der Waals surface area contributed by atoms with Gasteiger partial charge in [0.05, 0.1) is 0 Å². The third-order valence-corrected chi connectivity index (χ3v) is 4.71. The van der Waals surface area contributed by atoms with Gasteiger partial charge in [0.25, 0.3) is 0 Å². The van der Waals surface area contributed by atoms with Crippen LogP contribution in [0.3, 0.4) is 0 Å². The highest BCUT2D eigenvalue weighted by atomic mass is 79.9. The second-order valence-electron chi connectivity index (χ2n) is 3.79. The van der Waals surface area contributed by atoms with Gasteiger partial charge in [-0.1, -0.05) is 0 Å². The molecule has 0 spiro atoms. The molecule has 82 valence electrons. The monoisotopic (exact) mass is 286 g/mol. The van der Waals surface area contributed by atoms with Crippen LogP contribution in [0.5, 0.6) is 0 Å². The molecule has 0 radical (unpaired) electrons. The highest BCUT2D eigenvalue weighted by molar-refractivity contribution is 9.10. The summed E-state index contributed by atoms with van der Waals surface area (Å²) in [6, 6.07) is 6.68. The van der Waals surface area contributed by atoms with Crippen LogP contribution < -0.4 is 11.1 Å². The molecule has 4 heteroatoms. The van der Waals surface area contributed by atoms with Crippen molar-refractivity contribution in [3.8, 4) is 0 Å². The van der Waals surface area contributed by atoms with E-state index in [4.69, 9.17) is 5.73 Å². The van der Waals surface area contributed by atoms with E-state index >= 15 is 0 Å². The Morgan fingerprint density at radius 2 is 2.40 bits per heavy atom.